The summed E-state index contributed by atoms with van der Waals surface area (Å²) < 4.78 is 13.6. The van der Waals surface area contributed by atoms with Gasteiger partial charge in [0.2, 0.25) is 0 Å². The average Bonchev–Trinajstić information content (AvgIpc) is 2.46. The van der Waals surface area contributed by atoms with Crippen molar-refractivity contribution in [1.29, 1.82) is 0 Å². The fourth-order valence-electron chi connectivity index (χ4n) is 2.60. The van der Waals surface area contributed by atoms with Crippen molar-refractivity contribution in [2.45, 2.75) is 26.2 Å². The van der Waals surface area contributed by atoms with Crippen LogP contribution in [0.4, 0.5) is 10.1 Å². The molecule has 0 saturated carbocycles. The number of nitrogen functional groups attached to an aromatic ring is 1. The monoisotopic (exact) mass is 265 g/mol. The molecule has 19 heavy (non-hydrogen) atoms. The van der Waals surface area contributed by atoms with Gasteiger partial charge in [-0.15, -0.1) is 0 Å². The molecule has 104 valence electrons. The molecule has 1 heterocycles. The summed E-state index contributed by atoms with van der Waals surface area (Å²) in [6.07, 6.45) is 3.23. The summed E-state index contributed by atoms with van der Waals surface area (Å²) in [5.74, 6) is 5.20. The highest BCUT2D eigenvalue weighted by Crippen LogP contribution is 2.24. The number of hydrogen-bond acceptors (Lipinski definition) is 3. The molecule has 0 aromatic heterocycles. The van der Waals surface area contributed by atoms with Gasteiger partial charge in [-0.05, 0) is 30.9 Å². The number of halogens is 1. The molecule has 1 amide bonds. The van der Waals surface area contributed by atoms with Gasteiger partial charge in [0.25, 0.3) is 5.91 Å². The second kappa shape index (κ2) is 6.02. The van der Waals surface area contributed by atoms with E-state index in [2.05, 4.69) is 12.3 Å². The zero-order chi connectivity index (χ0) is 13.8. The highest BCUT2D eigenvalue weighted by molar-refractivity contribution is 5.99. The fourth-order valence-corrected chi connectivity index (χ4v) is 2.60. The number of rotatable bonds is 3. The van der Waals surface area contributed by atoms with Crippen molar-refractivity contribution in [3.63, 3.8) is 0 Å². The van der Waals surface area contributed by atoms with Gasteiger partial charge >= 0.3 is 0 Å². The third kappa shape index (κ3) is 2.87. The predicted molar refractivity (Wildman–Crippen MR) is 73.1 cm³/mol. The Labute approximate surface area is 112 Å². The number of nitrogens with zero attached hydrogens (tertiary/aromatic N) is 1. The molecule has 3 N–H and O–H groups in total. The molecule has 1 unspecified atom stereocenters. The lowest BCUT2D eigenvalue weighted by molar-refractivity contribution is 0.0672. The summed E-state index contributed by atoms with van der Waals surface area (Å²) in [7, 11) is 0. The molecule has 1 saturated heterocycles. The Balaban J connectivity index is 2.22. The molecule has 1 fully saturated rings. The minimum Gasteiger partial charge on any atom is -0.338 e. The number of likely N-dealkylation sites (tertiary alicyclic amines) is 1. The number of hydrazine groups is 1. The van der Waals surface area contributed by atoms with Gasteiger partial charge in [0, 0.05) is 13.1 Å². The second-order valence-electron chi connectivity index (χ2n) is 4.97. The Kier molecular flexibility index (Phi) is 4.37. The Morgan fingerprint density at radius 3 is 3.05 bits per heavy atom. The molecular weight excluding hydrogens is 245 g/mol. The number of hydrogen-bond donors (Lipinski definition) is 2. The predicted octanol–water partition coefficient (Wildman–Crippen LogP) is 2.37. The van der Waals surface area contributed by atoms with E-state index in [-0.39, 0.29) is 11.6 Å². The molecule has 1 aromatic rings. The molecular formula is C14H20FN3O. The first-order valence-corrected chi connectivity index (χ1v) is 6.71. The van der Waals surface area contributed by atoms with E-state index < -0.39 is 5.82 Å². The van der Waals surface area contributed by atoms with Crippen molar-refractivity contribution in [1.82, 2.24) is 4.90 Å². The maximum absolute atomic E-state index is 13.6. The van der Waals surface area contributed by atoms with Crippen molar-refractivity contribution in [2.75, 3.05) is 18.5 Å². The number of nitrogens with two attached hydrogens (primary N) is 1. The number of nitrogens with one attached hydrogen (secondary N) is 1. The highest BCUT2D eigenvalue weighted by Gasteiger charge is 2.25. The summed E-state index contributed by atoms with van der Waals surface area (Å²) in [6.45, 7) is 3.61. The van der Waals surface area contributed by atoms with Crippen LogP contribution in [0.15, 0.2) is 18.2 Å². The number of anilines is 1. The number of piperidine rings is 1. The molecule has 1 aliphatic heterocycles. The molecule has 0 radical (unpaired) electrons. The number of carbonyl (C=O) groups excluding carboxylic acids is 1. The topological polar surface area (TPSA) is 58.4 Å². The Morgan fingerprint density at radius 2 is 2.37 bits per heavy atom. The van der Waals surface area contributed by atoms with Gasteiger partial charge in [0.05, 0.1) is 11.3 Å². The van der Waals surface area contributed by atoms with Crippen LogP contribution >= 0.6 is 0 Å². The molecule has 2 rings (SSSR count). The first-order valence-electron chi connectivity index (χ1n) is 6.71. The van der Waals surface area contributed by atoms with Crippen molar-refractivity contribution < 1.29 is 9.18 Å². The third-order valence-corrected chi connectivity index (χ3v) is 3.77. The lowest BCUT2D eigenvalue weighted by Gasteiger charge is -2.32. The maximum atomic E-state index is 13.6. The first-order chi connectivity index (χ1) is 9.17. The van der Waals surface area contributed by atoms with Gasteiger partial charge in [-0.3, -0.25) is 10.6 Å². The van der Waals surface area contributed by atoms with Crippen LogP contribution in [-0.2, 0) is 0 Å². The molecule has 1 atom stereocenters. The van der Waals surface area contributed by atoms with E-state index in [1.807, 2.05) is 0 Å². The Morgan fingerprint density at radius 1 is 1.58 bits per heavy atom. The fraction of sp³-hybridized carbons (Fsp3) is 0.500. The molecule has 0 aliphatic carbocycles. The number of benzene rings is 1. The summed E-state index contributed by atoms with van der Waals surface area (Å²) in [5.41, 5.74) is 2.67. The van der Waals surface area contributed by atoms with Gasteiger partial charge in [0.15, 0.2) is 0 Å². The van der Waals surface area contributed by atoms with Crippen LogP contribution in [0.3, 0.4) is 0 Å². The SMILES string of the molecule is CCC1CCCN(C(=O)c2cccc(F)c2NN)C1. The van der Waals surface area contributed by atoms with Crippen LogP contribution in [-0.4, -0.2) is 23.9 Å². The lowest BCUT2D eigenvalue weighted by Crippen LogP contribution is -2.40. The van der Waals surface area contributed by atoms with Gasteiger partial charge in [-0.1, -0.05) is 19.4 Å². The number of carbonyl (C=O) groups is 1. The van der Waals surface area contributed by atoms with E-state index in [4.69, 9.17) is 5.84 Å². The van der Waals surface area contributed by atoms with Gasteiger partial charge in [-0.25, -0.2) is 4.39 Å². The van der Waals surface area contributed by atoms with Crippen LogP contribution in [0.1, 0.15) is 36.5 Å². The Bertz CT molecular complexity index is 464. The largest absolute Gasteiger partial charge is 0.338 e. The minimum atomic E-state index is -0.502. The van der Waals surface area contributed by atoms with Crippen LogP contribution in [0.2, 0.25) is 0 Å². The van der Waals surface area contributed by atoms with E-state index in [0.29, 0.717) is 11.5 Å². The van der Waals surface area contributed by atoms with Gasteiger partial charge < -0.3 is 10.3 Å². The second-order valence-corrected chi connectivity index (χ2v) is 4.97. The lowest BCUT2D eigenvalue weighted by atomic mass is 9.95. The van der Waals surface area contributed by atoms with E-state index in [0.717, 1.165) is 32.4 Å². The van der Waals surface area contributed by atoms with Crippen molar-refractivity contribution >= 4 is 11.6 Å². The standard InChI is InChI=1S/C14H20FN3O/c1-2-10-5-4-8-18(9-10)14(19)11-6-3-7-12(15)13(11)17-16/h3,6-7,10,17H,2,4-5,8-9,16H2,1H3. The van der Waals surface area contributed by atoms with E-state index in [9.17, 15) is 9.18 Å². The van der Waals surface area contributed by atoms with Crippen molar-refractivity contribution in [3.8, 4) is 0 Å². The highest BCUT2D eigenvalue weighted by atomic mass is 19.1. The zero-order valence-electron chi connectivity index (χ0n) is 11.2. The molecule has 1 aromatic carbocycles. The molecule has 0 spiro atoms. The summed E-state index contributed by atoms with van der Waals surface area (Å²) in [6, 6.07) is 4.43. The van der Waals surface area contributed by atoms with Crippen LogP contribution in [0.25, 0.3) is 0 Å². The average molecular weight is 265 g/mol. The summed E-state index contributed by atoms with van der Waals surface area (Å²) in [5, 5.41) is 0. The number of amides is 1. The molecule has 5 heteroatoms. The van der Waals surface area contributed by atoms with Crippen LogP contribution < -0.4 is 11.3 Å². The van der Waals surface area contributed by atoms with Crippen molar-refractivity contribution in [2.24, 2.45) is 11.8 Å². The molecule has 4 nitrogen and oxygen atoms in total. The first kappa shape index (κ1) is 13.8. The van der Waals surface area contributed by atoms with Crippen LogP contribution in [0.5, 0.6) is 0 Å². The minimum absolute atomic E-state index is 0.0751. The molecule has 0 bridgehead atoms. The Hall–Kier alpha value is -1.62. The smallest absolute Gasteiger partial charge is 0.256 e. The maximum Gasteiger partial charge on any atom is 0.256 e. The number of para-hydroxylation sites is 1. The van der Waals surface area contributed by atoms with E-state index >= 15 is 0 Å². The van der Waals surface area contributed by atoms with E-state index in [1.165, 1.54) is 12.1 Å². The van der Waals surface area contributed by atoms with Crippen LogP contribution in [0, 0.1) is 11.7 Å². The quantitative estimate of drug-likeness (QED) is 0.651. The third-order valence-electron chi connectivity index (χ3n) is 3.77. The van der Waals surface area contributed by atoms with Gasteiger partial charge in [-0.2, -0.15) is 0 Å². The van der Waals surface area contributed by atoms with Gasteiger partial charge in [0.1, 0.15) is 5.82 Å². The van der Waals surface area contributed by atoms with Crippen molar-refractivity contribution in [3.05, 3.63) is 29.6 Å². The summed E-state index contributed by atoms with van der Waals surface area (Å²) >= 11 is 0. The molecule has 1 aliphatic rings. The normalized spacial score (nSPS) is 19.3. The zero-order valence-corrected chi connectivity index (χ0v) is 11.2. The van der Waals surface area contributed by atoms with E-state index in [1.54, 1.807) is 11.0 Å². The summed E-state index contributed by atoms with van der Waals surface area (Å²) in [4.78, 5) is 14.3.